The molecule has 0 bridgehead atoms. The van der Waals surface area contributed by atoms with Gasteiger partial charge in [-0.05, 0) is 13.3 Å². The van der Waals surface area contributed by atoms with E-state index in [9.17, 15) is 4.79 Å². The van der Waals surface area contributed by atoms with Crippen LogP contribution in [0.15, 0.2) is 16.3 Å². The first-order valence-corrected chi connectivity index (χ1v) is 8.30. The van der Waals surface area contributed by atoms with Crippen LogP contribution in [-0.4, -0.2) is 21.4 Å². The fraction of sp³-hybridized carbons (Fsp3) is 0.647. The Balaban J connectivity index is 1.82. The monoisotopic (exact) mass is 315 g/mol. The van der Waals surface area contributed by atoms with E-state index in [-0.39, 0.29) is 5.91 Å². The van der Waals surface area contributed by atoms with Crippen LogP contribution < -0.4 is 5.32 Å². The zero-order chi connectivity index (χ0) is 16.7. The Morgan fingerprint density at radius 3 is 2.83 bits per heavy atom. The summed E-state index contributed by atoms with van der Waals surface area (Å²) >= 11 is 0. The molecular weight excluding hydrogens is 290 g/mol. The number of hydrogen-bond donors (Lipinski definition) is 1. The van der Waals surface area contributed by atoms with Crippen LogP contribution in [0.2, 0.25) is 0 Å². The van der Waals surface area contributed by atoms with Gasteiger partial charge in [0.1, 0.15) is 5.82 Å². The number of hydrogen-bond acceptors (Lipinski definition) is 4. The second kappa shape index (κ2) is 7.91. The van der Waals surface area contributed by atoms with Crippen LogP contribution in [0, 0.1) is 19.3 Å². The Kier molecular flexibility index (Phi) is 5.91. The van der Waals surface area contributed by atoms with Crippen molar-refractivity contribution < 1.29 is 4.79 Å². The second-order valence-corrected chi connectivity index (χ2v) is 6.04. The second-order valence-electron chi connectivity index (χ2n) is 6.04. The molecule has 0 unspecified atom stereocenters. The molecule has 2 rings (SSSR count). The lowest BCUT2D eigenvalue weighted by Crippen LogP contribution is -2.19. The number of carbonyl (C=O) groups is 1. The number of aryl methyl sites for hydroxylation is 2. The predicted molar refractivity (Wildman–Crippen MR) is 90.0 cm³/mol. The van der Waals surface area contributed by atoms with Crippen molar-refractivity contribution in [2.24, 2.45) is 10.2 Å². The molecule has 0 aliphatic carbocycles. The Morgan fingerprint density at radius 1 is 1.39 bits per heavy atom. The van der Waals surface area contributed by atoms with Crippen LogP contribution >= 0.6 is 0 Å². The molecule has 0 atom stereocenters. The van der Waals surface area contributed by atoms with E-state index in [1.54, 1.807) is 0 Å². The van der Waals surface area contributed by atoms with Crippen molar-refractivity contribution in [3.8, 4) is 12.3 Å². The van der Waals surface area contributed by atoms with E-state index in [1.807, 2.05) is 17.7 Å². The van der Waals surface area contributed by atoms with Crippen molar-refractivity contribution >= 4 is 11.7 Å². The SMILES string of the molecule is C#CCCC1(CCC(=O)Nc2cc(C)nn2CCCCC)N=N1. The van der Waals surface area contributed by atoms with Crippen LogP contribution in [0.3, 0.4) is 0 Å². The normalized spacial score (nSPS) is 14.5. The summed E-state index contributed by atoms with van der Waals surface area (Å²) in [5.74, 6) is 3.33. The van der Waals surface area contributed by atoms with E-state index in [2.05, 4.69) is 33.5 Å². The highest BCUT2D eigenvalue weighted by Crippen LogP contribution is 2.37. The maximum atomic E-state index is 12.2. The van der Waals surface area contributed by atoms with Gasteiger partial charge in [-0.2, -0.15) is 15.3 Å². The predicted octanol–water partition coefficient (Wildman–Crippen LogP) is 3.68. The summed E-state index contributed by atoms with van der Waals surface area (Å²) < 4.78 is 1.88. The fourth-order valence-corrected chi connectivity index (χ4v) is 2.52. The van der Waals surface area contributed by atoms with Crippen molar-refractivity contribution in [2.75, 3.05) is 5.32 Å². The first kappa shape index (κ1) is 17.2. The minimum absolute atomic E-state index is 0.0287. The maximum Gasteiger partial charge on any atom is 0.225 e. The molecule has 1 aromatic heterocycles. The number of unbranched alkanes of at least 4 members (excludes halogenated alkanes) is 2. The van der Waals surface area contributed by atoms with E-state index in [0.717, 1.165) is 43.7 Å². The molecule has 1 aliphatic heterocycles. The number of carbonyl (C=O) groups excluding carboxylic acids is 1. The third-order valence-electron chi connectivity index (χ3n) is 3.95. The number of nitrogens with zero attached hydrogens (tertiary/aromatic N) is 4. The Hall–Kier alpha value is -2.16. The number of amides is 1. The van der Waals surface area contributed by atoms with Gasteiger partial charge in [-0.15, -0.1) is 12.3 Å². The van der Waals surface area contributed by atoms with Crippen LogP contribution in [-0.2, 0) is 11.3 Å². The zero-order valence-electron chi connectivity index (χ0n) is 14.0. The molecule has 1 aliphatic rings. The lowest BCUT2D eigenvalue weighted by atomic mass is 10.0. The van der Waals surface area contributed by atoms with Gasteiger partial charge in [0, 0.05) is 38.3 Å². The van der Waals surface area contributed by atoms with Gasteiger partial charge >= 0.3 is 0 Å². The standard InChI is InChI=1S/C17H25N5O/c1-4-6-8-12-22-15(13-14(3)19-22)18-16(23)9-11-17(20-21-17)10-7-5-2/h2,13H,4,6-12H2,1,3H3,(H,18,23). The Morgan fingerprint density at radius 2 is 2.17 bits per heavy atom. The summed E-state index contributed by atoms with van der Waals surface area (Å²) in [4.78, 5) is 12.2. The minimum atomic E-state index is -0.402. The molecule has 124 valence electrons. The van der Waals surface area contributed by atoms with Crippen LogP contribution in [0.25, 0.3) is 0 Å². The maximum absolute atomic E-state index is 12.2. The summed E-state index contributed by atoms with van der Waals surface area (Å²) in [5.41, 5.74) is 0.510. The lowest BCUT2D eigenvalue weighted by molar-refractivity contribution is -0.116. The van der Waals surface area contributed by atoms with Crippen LogP contribution in [0.1, 0.15) is 57.6 Å². The van der Waals surface area contributed by atoms with E-state index in [0.29, 0.717) is 19.3 Å². The van der Waals surface area contributed by atoms with Crippen molar-refractivity contribution in [3.05, 3.63) is 11.8 Å². The molecule has 0 aromatic carbocycles. The molecule has 0 fully saturated rings. The van der Waals surface area contributed by atoms with Gasteiger partial charge in [-0.25, -0.2) is 4.68 Å². The van der Waals surface area contributed by atoms with Gasteiger partial charge < -0.3 is 5.32 Å². The van der Waals surface area contributed by atoms with E-state index < -0.39 is 5.66 Å². The largest absolute Gasteiger partial charge is 0.311 e. The molecule has 0 saturated carbocycles. The number of terminal acetylenes is 1. The average molecular weight is 315 g/mol. The van der Waals surface area contributed by atoms with Gasteiger partial charge in [0.2, 0.25) is 5.91 Å². The van der Waals surface area contributed by atoms with Gasteiger partial charge in [-0.1, -0.05) is 19.8 Å². The van der Waals surface area contributed by atoms with Crippen LogP contribution in [0.4, 0.5) is 5.82 Å². The third-order valence-corrected chi connectivity index (χ3v) is 3.95. The third kappa shape index (κ3) is 5.20. The topological polar surface area (TPSA) is 71.6 Å². The molecule has 0 spiro atoms. The minimum Gasteiger partial charge on any atom is -0.311 e. The molecule has 0 saturated heterocycles. The van der Waals surface area contributed by atoms with Crippen molar-refractivity contribution in [1.29, 1.82) is 0 Å². The molecule has 2 heterocycles. The number of nitrogens with one attached hydrogen (secondary N) is 1. The van der Waals surface area contributed by atoms with Gasteiger partial charge in [0.25, 0.3) is 0 Å². The highest BCUT2D eigenvalue weighted by Gasteiger charge is 2.39. The fourth-order valence-electron chi connectivity index (χ4n) is 2.52. The smallest absolute Gasteiger partial charge is 0.225 e. The number of aromatic nitrogens is 2. The molecule has 6 nitrogen and oxygen atoms in total. The summed E-state index contributed by atoms with van der Waals surface area (Å²) in [6.07, 6.45) is 11.0. The lowest BCUT2D eigenvalue weighted by Gasteiger charge is -2.10. The van der Waals surface area contributed by atoms with E-state index in [1.165, 1.54) is 0 Å². The average Bonchev–Trinajstić information content (AvgIpc) is 3.22. The summed E-state index contributed by atoms with van der Waals surface area (Å²) in [6.45, 7) is 4.93. The zero-order valence-corrected chi connectivity index (χ0v) is 14.0. The number of rotatable bonds is 10. The molecular formula is C17H25N5O. The molecule has 0 radical (unpaired) electrons. The van der Waals surface area contributed by atoms with Crippen molar-refractivity contribution in [3.63, 3.8) is 0 Å². The van der Waals surface area contributed by atoms with Gasteiger partial charge in [0.05, 0.1) is 5.69 Å². The van der Waals surface area contributed by atoms with Gasteiger partial charge in [-0.3, -0.25) is 4.79 Å². The van der Waals surface area contributed by atoms with E-state index in [4.69, 9.17) is 6.42 Å². The Labute approximate surface area is 137 Å². The molecule has 1 amide bonds. The quantitative estimate of drug-likeness (QED) is 0.528. The highest BCUT2D eigenvalue weighted by molar-refractivity contribution is 5.89. The van der Waals surface area contributed by atoms with Gasteiger partial charge in [0.15, 0.2) is 5.66 Å². The summed E-state index contributed by atoms with van der Waals surface area (Å²) in [5, 5.41) is 15.5. The van der Waals surface area contributed by atoms with Crippen molar-refractivity contribution in [2.45, 2.75) is 71.0 Å². The molecule has 1 aromatic rings. The summed E-state index contributed by atoms with van der Waals surface area (Å²) in [6, 6.07) is 1.91. The first-order valence-electron chi connectivity index (χ1n) is 8.30. The molecule has 1 N–H and O–H groups in total. The highest BCUT2D eigenvalue weighted by atomic mass is 16.1. The van der Waals surface area contributed by atoms with Crippen molar-refractivity contribution in [1.82, 2.24) is 9.78 Å². The van der Waals surface area contributed by atoms with Crippen LogP contribution in [0.5, 0.6) is 0 Å². The Bertz CT molecular complexity index is 605. The van der Waals surface area contributed by atoms with E-state index >= 15 is 0 Å². The first-order chi connectivity index (χ1) is 11.1. The number of anilines is 1. The molecule has 23 heavy (non-hydrogen) atoms. The summed E-state index contributed by atoms with van der Waals surface area (Å²) in [7, 11) is 0. The molecule has 6 heteroatoms.